The van der Waals surface area contributed by atoms with Gasteiger partial charge in [0.05, 0.1) is 27.1 Å². The van der Waals surface area contributed by atoms with Crippen LogP contribution < -0.4 is 5.73 Å². The van der Waals surface area contributed by atoms with E-state index in [1.54, 1.807) is 12.1 Å². The normalized spacial score (nSPS) is 12.8. The lowest BCUT2D eigenvalue weighted by Gasteiger charge is -2.17. The Morgan fingerprint density at radius 2 is 1.81 bits per heavy atom. The van der Waals surface area contributed by atoms with E-state index in [1.165, 1.54) is 0 Å². The average Bonchev–Trinajstić information content (AvgIpc) is 2.74. The minimum atomic E-state index is -0.0223. The van der Waals surface area contributed by atoms with E-state index < -0.39 is 0 Å². The number of benzene rings is 2. The first-order valence-electron chi connectivity index (χ1n) is 6.35. The Morgan fingerprint density at radius 1 is 1.10 bits per heavy atom. The molecule has 1 unspecified atom stereocenters. The molecule has 1 heterocycles. The van der Waals surface area contributed by atoms with E-state index in [2.05, 4.69) is 4.98 Å². The number of hydrogen-bond donors (Lipinski definition) is 1. The first-order valence-corrected chi connectivity index (χ1v) is 7.48. The molecule has 0 fully saturated rings. The third-order valence-electron chi connectivity index (χ3n) is 3.48. The number of imidazole rings is 1. The highest BCUT2D eigenvalue weighted by Gasteiger charge is 2.17. The molecular formula is C15H12Cl3N3. The van der Waals surface area contributed by atoms with Crippen LogP contribution in [0, 0.1) is 0 Å². The van der Waals surface area contributed by atoms with Crippen LogP contribution in [0.25, 0.3) is 11.0 Å². The largest absolute Gasteiger partial charge is 0.369 e. The highest BCUT2D eigenvalue weighted by atomic mass is 35.5. The molecule has 3 rings (SSSR count). The summed E-state index contributed by atoms with van der Waals surface area (Å²) in [6.45, 7) is 2.03. The molecule has 0 aliphatic heterocycles. The molecule has 2 N–H and O–H groups in total. The Labute approximate surface area is 137 Å². The fourth-order valence-corrected chi connectivity index (χ4v) is 2.95. The highest BCUT2D eigenvalue weighted by molar-refractivity contribution is 6.42. The zero-order valence-corrected chi connectivity index (χ0v) is 13.4. The van der Waals surface area contributed by atoms with Crippen LogP contribution in [-0.2, 0) is 0 Å². The minimum Gasteiger partial charge on any atom is -0.369 e. The highest BCUT2D eigenvalue weighted by Crippen LogP contribution is 2.33. The van der Waals surface area contributed by atoms with Crippen molar-refractivity contribution in [2.45, 2.75) is 13.0 Å². The van der Waals surface area contributed by atoms with Crippen molar-refractivity contribution in [2.24, 2.45) is 0 Å². The van der Waals surface area contributed by atoms with Gasteiger partial charge >= 0.3 is 0 Å². The number of nitrogens with zero attached hydrogens (tertiary/aromatic N) is 2. The van der Waals surface area contributed by atoms with Gasteiger partial charge < -0.3 is 10.3 Å². The standard InChI is InChI=1S/C15H12Cl3N3/c1-8(9-3-2-4-10(16)5-9)21-14-7-12(18)11(17)6-13(14)20-15(21)19/h2-8H,1H3,(H2,19,20). The molecular weight excluding hydrogens is 329 g/mol. The Morgan fingerprint density at radius 3 is 2.52 bits per heavy atom. The number of nitrogen functional groups attached to an aromatic ring is 1. The molecule has 0 amide bonds. The molecule has 0 spiro atoms. The molecule has 3 nitrogen and oxygen atoms in total. The average molecular weight is 341 g/mol. The maximum atomic E-state index is 6.11. The Bertz CT molecular complexity index is 826. The topological polar surface area (TPSA) is 43.8 Å². The summed E-state index contributed by atoms with van der Waals surface area (Å²) in [4.78, 5) is 4.35. The van der Waals surface area contributed by atoms with Gasteiger partial charge in [-0.1, -0.05) is 46.9 Å². The molecule has 0 aliphatic carbocycles. The van der Waals surface area contributed by atoms with Gasteiger partial charge in [-0.3, -0.25) is 0 Å². The number of nitrogens with two attached hydrogens (primary N) is 1. The Hall–Kier alpha value is -1.42. The summed E-state index contributed by atoms with van der Waals surface area (Å²) >= 11 is 18.2. The summed E-state index contributed by atoms with van der Waals surface area (Å²) in [5.41, 5.74) is 8.66. The number of fused-ring (bicyclic) bond motifs is 1. The maximum absolute atomic E-state index is 6.11. The fourth-order valence-electron chi connectivity index (χ4n) is 2.43. The number of halogens is 3. The molecule has 21 heavy (non-hydrogen) atoms. The van der Waals surface area contributed by atoms with E-state index in [9.17, 15) is 0 Å². The Balaban J connectivity index is 2.19. The van der Waals surface area contributed by atoms with Crippen molar-refractivity contribution >= 4 is 51.8 Å². The lowest BCUT2D eigenvalue weighted by atomic mass is 10.1. The zero-order chi connectivity index (χ0) is 15.1. The van der Waals surface area contributed by atoms with Gasteiger partial charge in [0.15, 0.2) is 0 Å². The van der Waals surface area contributed by atoms with Gasteiger partial charge in [-0.25, -0.2) is 4.98 Å². The van der Waals surface area contributed by atoms with E-state index in [1.807, 2.05) is 35.8 Å². The molecule has 0 saturated carbocycles. The molecule has 0 bridgehead atoms. The van der Waals surface area contributed by atoms with Crippen LogP contribution in [0.15, 0.2) is 36.4 Å². The number of anilines is 1. The SMILES string of the molecule is CC(c1cccc(Cl)c1)n1c(N)nc2cc(Cl)c(Cl)cc21. The van der Waals surface area contributed by atoms with Crippen LogP contribution in [-0.4, -0.2) is 9.55 Å². The lowest BCUT2D eigenvalue weighted by Crippen LogP contribution is -2.10. The fraction of sp³-hybridized carbons (Fsp3) is 0.133. The van der Waals surface area contributed by atoms with E-state index in [0.717, 1.165) is 16.6 Å². The van der Waals surface area contributed by atoms with Gasteiger partial charge in [0.2, 0.25) is 5.95 Å². The molecule has 0 aliphatic rings. The van der Waals surface area contributed by atoms with Gasteiger partial charge in [-0.05, 0) is 36.8 Å². The molecule has 3 aromatic rings. The van der Waals surface area contributed by atoms with Crippen LogP contribution in [0.2, 0.25) is 15.1 Å². The predicted octanol–water partition coefficient (Wildman–Crippen LogP) is 5.19. The quantitative estimate of drug-likeness (QED) is 0.698. The maximum Gasteiger partial charge on any atom is 0.201 e. The summed E-state index contributed by atoms with van der Waals surface area (Å²) in [5.74, 6) is 0.413. The van der Waals surface area contributed by atoms with Crippen molar-refractivity contribution in [3.63, 3.8) is 0 Å². The van der Waals surface area contributed by atoms with Crippen LogP contribution in [0.5, 0.6) is 0 Å². The van der Waals surface area contributed by atoms with E-state index in [0.29, 0.717) is 21.0 Å². The lowest BCUT2D eigenvalue weighted by molar-refractivity contribution is 0.668. The van der Waals surface area contributed by atoms with Crippen molar-refractivity contribution in [3.8, 4) is 0 Å². The first-order chi connectivity index (χ1) is 9.97. The number of hydrogen-bond acceptors (Lipinski definition) is 2. The molecule has 1 atom stereocenters. The summed E-state index contributed by atoms with van der Waals surface area (Å²) in [7, 11) is 0. The number of aromatic nitrogens is 2. The van der Waals surface area contributed by atoms with Gasteiger partial charge in [-0.2, -0.15) is 0 Å². The van der Waals surface area contributed by atoms with E-state index >= 15 is 0 Å². The monoisotopic (exact) mass is 339 g/mol. The van der Waals surface area contributed by atoms with Crippen LogP contribution >= 0.6 is 34.8 Å². The van der Waals surface area contributed by atoms with Crippen LogP contribution in [0.1, 0.15) is 18.5 Å². The first kappa shape index (κ1) is 14.5. The molecule has 0 saturated heterocycles. The van der Waals surface area contributed by atoms with Crippen molar-refractivity contribution in [1.29, 1.82) is 0 Å². The minimum absolute atomic E-state index is 0.0223. The van der Waals surface area contributed by atoms with E-state index in [-0.39, 0.29) is 6.04 Å². The Kier molecular flexibility index (Phi) is 3.74. The predicted molar refractivity (Wildman–Crippen MR) is 89.4 cm³/mol. The van der Waals surface area contributed by atoms with Crippen molar-refractivity contribution in [2.75, 3.05) is 5.73 Å². The number of rotatable bonds is 2. The van der Waals surface area contributed by atoms with Gasteiger partial charge in [0.25, 0.3) is 0 Å². The van der Waals surface area contributed by atoms with Crippen molar-refractivity contribution < 1.29 is 0 Å². The second-order valence-corrected chi connectivity index (χ2v) is 6.08. The second-order valence-electron chi connectivity index (χ2n) is 4.83. The summed E-state index contributed by atoms with van der Waals surface area (Å²) < 4.78 is 1.92. The van der Waals surface area contributed by atoms with Gasteiger partial charge in [0, 0.05) is 5.02 Å². The summed E-state index contributed by atoms with van der Waals surface area (Å²) in [6, 6.07) is 11.1. The van der Waals surface area contributed by atoms with Gasteiger partial charge in [-0.15, -0.1) is 0 Å². The van der Waals surface area contributed by atoms with E-state index in [4.69, 9.17) is 40.5 Å². The second kappa shape index (κ2) is 5.41. The summed E-state index contributed by atoms with van der Waals surface area (Å²) in [5, 5.41) is 1.62. The van der Waals surface area contributed by atoms with Crippen molar-refractivity contribution in [3.05, 3.63) is 57.0 Å². The molecule has 108 valence electrons. The third-order valence-corrected chi connectivity index (χ3v) is 4.43. The molecule has 0 radical (unpaired) electrons. The van der Waals surface area contributed by atoms with Crippen LogP contribution in [0.4, 0.5) is 5.95 Å². The molecule has 2 aromatic carbocycles. The van der Waals surface area contributed by atoms with Crippen LogP contribution in [0.3, 0.4) is 0 Å². The smallest absolute Gasteiger partial charge is 0.201 e. The summed E-state index contributed by atoms with van der Waals surface area (Å²) in [6.07, 6.45) is 0. The van der Waals surface area contributed by atoms with Gasteiger partial charge in [0.1, 0.15) is 0 Å². The zero-order valence-electron chi connectivity index (χ0n) is 11.1. The molecule has 6 heteroatoms. The molecule has 1 aromatic heterocycles. The van der Waals surface area contributed by atoms with Crippen molar-refractivity contribution in [1.82, 2.24) is 9.55 Å². The third kappa shape index (κ3) is 2.57.